The largest absolute Gasteiger partial charge is 0.374 e. The van der Waals surface area contributed by atoms with Crippen LogP contribution in [0.5, 0.6) is 0 Å². The normalized spacial score (nSPS) is 23.2. The van der Waals surface area contributed by atoms with Gasteiger partial charge in [-0.3, -0.25) is 0 Å². The first-order chi connectivity index (χ1) is 7.79. The van der Waals surface area contributed by atoms with Gasteiger partial charge in [-0.25, -0.2) is 0 Å². The van der Waals surface area contributed by atoms with Crippen molar-refractivity contribution in [2.45, 2.75) is 32.3 Å². The summed E-state index contributed by atoms with van der Waals surface area (Å²) in [5.74, 6) is 1.99. The minimum absolute atomic E-state index is 0.0954. The Bertz CT molecular complexity index is 321. The molecule has 1 aliphatic heterocycles. The Kier molecular flexibility index (Phi) is 3.90. The van der Waals surface area contributed by atoms with E-state index in [2.05, 4.69) is 15.5 Å². The number of ether oxygens (including phenoxy) is 1. The summed E-state index contributed by atoms with van der Waals surface area (Å²) >= 11 is 0. The lowest BCUT2D eigenvalue weighted by atomic mass is 9.96. The number of nitrogens with one attached hydrogen (secondary N) is 1. The summed E-state index contributed by atoms with van der Waals surface area (Å²) in [6.07, 6.45) is 3.25. The Morgan fingerprint density at radius 3 is 3.19 bits per heavy atom. The van der Waals surface area contributed by atoms with Crippen molar-refractivity contribution >= 4 is 0 Å². The minimum Gasteiger partial charge on any atom is -0.374 e. The monoisotopic (exact) mass is 225 g/mol. The van der Waals surface area contributed by atoms with E-state index < -0.39 is 0 Å². The molecule has 0 aliphatic carbocycles. The molecule has 5 heteroatoms. The second kappa shape index (κ2) is 5.41. The molecule has 0 radical (unpaired) electrons. The van der Waals surface area contributed by atoms with E-state index >= 15 is 0 Å². The summed E-state index contributed by atoms with van der Waals surface area (Å²) < 4.78 is 10.4. The highest BCUT2D eigenvalue weighted by Crippen LogP contribution is 2.17. The van der Waals surface area contributed by atoms with Gasteiger partial charge in [0.05, 0.1) is 0 Å². The maximum atomic E-state index is 5.22. The molecule has 2 heterocycles. The molecule has 2 atom stereocenters. The Labute approximate surface area is 95.6 Å². The van der Waals surface area contributed by atoms with Crippen LogP contribution < -0.4 is 5.32 Å². The van der Waals surface area contributed by atoms with Crippen LogP contribution in [0.2, 0.25) is 0 Å². The van der Waals surface area contributed by atoms with Crippen LogP contribution in [-0.4, -0.2) is 30.3 Å². The summed E-state index contributed by atoms with van der Waals surface area (Å²) in [6.45, 7) is 4.10. The summed E-state index contributed by atoms with van der Waals surface area (Å²) in [6, 6.07) is 0. The third kappa shape index (κ3) is 2.80. The molecule has 0 spiro atoms. The van der Waals surface area contributed by atoms with Gasteiger partial charge in [-0.1, -0.05) is 5.16 Å². The van der Waals surface area contributed by atoms with Crippen molar-refractivity contribution in [3.05, 3.63) is 11.7 Å². The Morgan fingerprint density at radius 2 is 2.50 bits per heavy atom. The molecule has 1 aromatic heterocycles. The van der Waals surface area contributed by atoms with Gasteiger partial charge in [0.25, 0.3) is 0 Å². The van der Waals surface area contributed by atoms with Crippen molar-refractivity contribution in [1.82, 2.24) is 15.5 Å². The number of nitrogens with zero attached hydrogens (tertiary/aromatic N) is 2. The lowest BCUT2D eigenvalue weighted by molar-refractivity contribution is 0.109. The predicted molar refractivity (Wildman–Crippen MR) is 59.0 cm³/mol. The van der Waals surface area contributed by atoms with E-state index in [1.807, 2.05) is 6.92 Å². The SMILES string of the molecule is COC(C)c1noc(CC2CCCNC2)n1. The number of hydrogen-bond donors (Lipinski definition) is 1. The Balaban J connectivity index is 1.91. The molecule has 16 heavy (non-hydrogen) atoms. The van der Waals surface area contributed by atoms with E-state index in [-0.39, 0.29) is 6.10 Å². The lowest BCUT2D eigenvalue weighted by Gasteiger charge is -2.20. The molecule has 2 unspecified atom stereocenters. The van der Waals surface area contributed by atoms with Crippen LogP contribution in [0.4, 0.5) is 0 Å². The van der Waals surface area contributed by atoms with Crippen LogP contribution in [0.15, 0.2) is 4.52 Å². The lowest BCUT2D eigenvalue weighted by Crippen LogP contribution is -2.30. The highest BCUT2D eigenvalue weighted by Gasteiger charge is 2.18. The molecule has 1 aromatic rings. The fourth-order valence-electron chi connectivity index (χ4n) is 1.97. The number of piperidine rings is 1. The standard InChI is InChI=1S/C11H19N3O2/c1-8(15-2)11-13-10(16-14-11)6-9-4-3-5-12-7-9/h8-9,12H,3-7H2,1-2H3. The molecular weight excluding hydrogens is 206 g/mol. The van der Waals surface area contributed by atoms with Crippen LogP contribution in [0, 0.1) is 5.92 Å². The molecule has 1 fully saturated rings. The maximum Gasteiger partial charge on any atom is 0.227 e. The van der Waals surface area contributed by atoms with E-state index in [4.69, 9.17) is 9.26 Å². The van der Waals surface area contributed by atoms with Crippen molar-refractivity contribution in [3.63, 3.8) is 0 Å². The second-order valence-corrected chi connectivity index (χ2v) is 4.34. The van der Waals surface area contributed by atoms with E-state index in [1.54, 1.807) is 7.11 Å². The van der Waals surface area contributed by atoms with Gasteiger partial charge in [0.1, 0.15) is 6.10 Å². The average Bonchev–Trinajstić information content (AvgIpc) is 2.78. The molecule has 90 valence electrons. The third-order valence-electron chi connectivity index (χ3n) is 3.06. The third-order valence-corrected chi connectivity index (χ3v) is 3.06. The first kappa shape index (κ1) is 11.5. The van der Waals surface area contributed by atoms with Gasteiger partial charge in [-0.15, -0.1) is 0 Å². The zero-order chi connectivity index (χ0) is 11.4. The quantitative estimate of drug-likeness (QED) is 0.837. The van der Waals surface area contributed by atoms with Gasteiger partial charge < -0.3 is 14.6 Å². The van der Waals surface area contributed by atoms with Crippen LogP contribution >= 0.6 is 0 Å². The van der Waals surface area contributed by atoms with Crippen LogP contribution in [0.25, 0.3) is 0 Å². The molecule has 1 aliphatic rings. The van der Waals surface area contributed by atoms with Gasteiger partial charge >= 0.3 is 0 Å². The fraction of sp³-hybridized carbons (Fsp3) is 0.818. The molecular formula is C11H19N3O2. The molecule has 1 N–H and O–H groups in total. The van der Waals surface area contributed by atoms with Crippen LogP contribution in [-0.2, 0) is 11.2 Å². The summed E-state index contributed by atoms with van der Waals surface area (Å²) in [7, 11) is 1.64. The topological polar surface area (TPSA) is 60.2 Å². The number of rotatable bonds is 4. The number of hydrogen-bond acceptors (Lipinski definition) is 5. The highest BCUT2D eigenvalue weighted by atomic mass is 16.5. The van der Waals surface area contributed by atoms with Crippen molar-refractivity contribution in [1.29, 1.82) is 0 Å². The number of aromatic nitrogens is 2. The van der Waals surface area contributed by atoms with Crippen molar-refractivity contribution in [2.24, 2.45) is 5.92 Å². The van der Waals surface area contributed by atoms with Crippen molar-refractivity contribution < 1.29 is 9.26 Å². The van der Waals surface area contributed by atoms with Crippen LogP contribution in [0.3, 0.4) is 0 Å². The highest BCUT2D eigenvalue weighted by molar-refractivity contribution is 4.91. The first-order valence-corrected chi connectivity index (χ1v) is 5.85. The van der Waals surface area contributed by atoms with Crippen LogP contribution in [0.1, 0.15) is 37.6 Å². The molecule has 0 bridgehead atoms. The fourth-order valence-corrected chi connectivity index (χ4v) is 1.97. The molecule has 2 rings (SSSR count). The molecule has 0 amide bonds. The van der Waals surface area contributed by atoms with Gasteiger partial charge in [0.2, 0.25) is 5.89 Å². The van der Waals surface area contributed by atoms with E-state index in [9.17, 15) is 0 Å². The summed E-state index contributed by atoms with van der Waals surface area (Å²) in [4.78, 5) is 4.34. The Morgan fingerprint density at radius 1 is 1.62 bits per heavy atom. The molecule has 5 nitrogen and oxygen atoms in total. The average molecular weight is 225 g/mol. The van der Waals surface area contributed by atoms with E-state index in [0.29, 0.717) is 11.7 Å². The predicted octanol–water partition coefficient (Wildman–Crippen LogP) is 1.32. The van der Waals surface area contributed by atoms with E-state index in [0.717, 1.165) is 25.4 Å². The van der Waals surface area contributed by atoms with Gasteiger partial charge in [0, 0.05) is 13.5 Å². The maximum absolute atomic E-state index is 5.22. The first-order valence-electron chi connectivity index (χ1n) is 5.85. The van der Waals surface area contributed by atoms with Gasteiger partial charge in [0.15, 0.2) is 5.82 Å². The Hall–Kier alpha value is -0.940. The van der Waals surface area contributed by atoms with Gasteiger partial charge in [-0.05, 0) is 38.8 Å². The van der Waals surface area contributed by atoms with Crippen molar-refractivity contribution in [3.8, 4) is 0 Å². The van der Waals surface area contributed by atoms with E-state index in [1.165, 1.54) is 12.8 Å². The molecule has 0 aromatic carbocycles. The zero-order valence-corrected chi connectivity index (χ0v) is 9.90. The summed E-state index contributed by atoms with van der Waals surface area (Å²) in [5.41, 5.74) is 0. The number of methoxy groups -OCH3 is 1. The second-order valence-electron chi connectivity index (χ2n) is 4.34. The van der Waals surface area contributed by atoms with Gasteiger partial charge in [-0.2, -0.15) is 4.98 Å². The molecule has 1 saturated heterocycles. The molecule has 0 saturated carbocycles. The smallest absolute Gasteiger partial charge is 0.227 e. The van der Waals surface area contributed by atoms with Crippen molar-refractivity contribution in [2.75, 3.05) is 20.2 Å². The minimum atomic E-state index is -0.0954. The zero-order valence-electron chi connectivity index (χ0n) is 9.90. The summed E-state index contributed by atoms with van der Waals surface area (Å²) in [5, 5.41) is 7.30.